The van der Waals surface area contributed by atoms with Crippen LogP contribution in [0.3, 0.4) is 0 Å². The number of nitrogens with zero attached hydrogens (tertiary/aromatic N) is 2. The lowest BCUT2D eigenvalue weighted by atomic mass is 10.1. The molecule has 0 radical (unpaired) electrons. The van der Waals surface area contributed by atoms with Gasteiger partial charge in [0.05, 0.1) is 17.2 Å². The number of nitrogens with one attached hydrogen (secondary N) is 1. The summed E-state index contributed by atoms with van der Waals surface area (Å²) in [7, 11) is 0. The maximum Gasteiger partial charge on any atom is 0.160 e. The lowest BCUT2D eigenvalue weighted by Crippen LogP contribution is -2.05. The zero-order valence-corrected chi connectivity index (χ0v) is 9.63. The van der Waals surface area contributed by atoms with E-state index in [-0.39, 0.29) is 6.10 Å². The summed E-state index contributed by atoms with van der Waals surface area (Å²) in [5.74, 6) is 1.83. The van der Waals surface area contributed by atoms with E-state index in [1.54, 1.807) is 12.4 Å². The minimum Gasteiger partial charge on any atom is -0.482 e. The average Bonchev–Trinajstić information content (AvgIpc) is 3.02. The van der Waals surface area contributed by atoms with Gasteiger partial charge in [-0.2, -0.15) is 0 Å². The second kappa shape index (κ2) is 3.57. The smallest absolute Gasteiger partial charge is 0.160 e. The summed E-state index contributed by atoms with van der Waals surface area (Å²) in [4.78, 5) is 11.9. The van der Waals surface area contributed by atoms with Crippen LogP contribution in [0.1, 0.15) is 17.5 Å². The number of aromatic amines is 1. The second-order valence-electron chi connectivity index (χ2n) is 4.43. The van der Waals surface area contributed by atoms with Gasteiger partial charge >= 0.3 is 0 Å². The molecular weight excluding hydrogens is 226 g/mol. The topological polar surface area (TPSA) is 50.8 Å². The molecule has 0 saturated carbocycles. The van der Waals surface area contributed by atoms with Crippen LogP contribution in [-0.2, 0) is 6.42 Å². The van der Waals surface area contributed by atoms with Crippen molar-refractivity contribution in [1.82, 2.24) is 15.0 Å². The maximum atomic E-state index is 5.91. The van der Waals surface area contributed by atoms with Crippen molar-refractivity contribution in [3.63, 3.8) is 0 Å². The molecule has 88 valence electrons. The Labute approximate surface area is 104 Å². The Morgan fingerprint density at radius 1 is 1.22 bits per heavy atom. The lowest BCUT2D eigenvalue weighted by Gasteiger charge is -2.06. The molecule has 18 heavy (non-hydrogen) atoms. The van der Waals surface area contributed by atoms with Gasteiger partial charge < -0.3 is 9.72 Å². The number of imidazole rings is 1. The van der Waals surface area contributed by atoms with Gasteiger partial charge in [0, 0.05) is 12.6 Å². The van der Waals surface area contributed by atoms with Crippen molar-refractivity contribution in [2.75, 3.05) is 0 Å². The predicted octanol–water partition coefficient (Wildman–Crippen LogP) is 2.63. The molecule has 1 aliphatic heterocycles. The van der Waals surface area contributed by atoms with E-state index in [0.29, 0.717) is 0 Å². The number of rotatable bonds is 1. The van der Waals surface area contributed by atoms with Crippen molar-refractivity contribution in [2.24, 2.45) is 0 Å². The standard InChI is InChI=1S/C14H11N3O/c1-2-4-12-9(3-1)7-13(18-12)14-16-10-5-6-15-8-11(10)17-14/h1-6,8,13H,7H2,(H,16,17). The molecule has 1 aliphatic rings. The first-order valence-electron chi connectivity index (χ1n) is 5.94. The molecule has 4 rings (SSSR count). The Bertz CT molecular complexity index is 662. The number of pyridine rings is 1. The first kappa shape index (κ1) is 9.65. The van der Waals surface area contributed by atoms with Crippen LogP contribution < -0.4 is 4.74 Å². The van der Waals surface area contributed by atoms with Crippen molar-refractivity contribution < 1.29 is 4.74 Å². The highest BCUT2D eigenvalue weighted by Gasteiger charge is 2.26. The van der Waals surface area contributed by atoms with Crippen molar-refractivity contribution in [3.05, 3.63) is 54.1 Å². The molecule has 1 N–H and O–H groups in total. The van der Waals surface area contributed by atoms with Crippen molar-refractivity contribution in [1.29, 1.82) is 0 Å². The molecule has 4 heteroatoms. The molecule has 0 fully saturated rings. The maximum absolute atomic E-state index is 5.91. The van der Waals surface area contributed by atoms with E-state index in [1.165, 1.54) is 5.56 Å². The van der Waals surface area contributed by atoms with E-state index < -0.39 is 0 Å². The van der Waals surface area contributed by atoms with Gasteiger partial charge in [0.2, 0.25) is 0 Å². The van der Waals surface area contributed by atoms with E-state index in [9.17, 15) is 0 Å². The fourth-order valence-electron chi connectivity index (χ4n) is 2.36. The number of ether oxygens (including phenoxy) is 1. The minimum absolute atomic E-state index is 0.0187. The number of para-hydroxylation sites is 1. The minimum atomic E-state index is -0.0187. The summed E-state index contributed by atoms with van der Waals surface area (Å²) >= 11 is 0. The van der Waals surface area contributed by atoms with E-state index >= 15 is 0 Å². The monoisotopic (exact) mass is 237 g/mol. The molecular formula is C14H11N3O. The number of hydrogen-bond donors (Lipinski definition) is 1. The van der Waals surface area contributed by atoms with Crippen LogP contribution in [-0.4, -0.2) is 15.0 Å². The summed E-state index contributed by atoms with van der Waals surface area (Å²) in [6.45, 7) is 0. The molecule has 4 nitrogen and oxygen atoms in total. The van der Waals surface area contributed by atoms with Crippen LogP contribution in [0.15, 0.2) is 42.7 Å². The SMILES string of the molecule is c1ccc2c(c1)CC(c1nc3ccncc3[nH]1)O2. The highest BCUT2D eigenvalue weighted by molar-refractivity contribution is 5.73. The molecule has 1 aromatic carbocycles. The number of hydrogen-bond acceptors (Lipinski definition) is 3. The van der Waals surface area contributed by atoms with E-state index in [4.69, 9.17) is 4.74 Å². The largest absolute Gasteiger partial charge is 0.482 e. The Balaban J connectivity index is 1.73. The first-order valence-corrected chi connectivity index (χ1v) is 5.94. The van der Waals surface area contributed by atoms with Gasteiger partial charge in [0.15, 0.2) is 6.10 Å². The van der Waals surface area contributed by atoms with Crippen LogP contribution in [0.5, 0.6) is 5.75 Å². The highest BCUT2D eigenvalue weighted by Crippen LogP contribution is 2.35. The molecule has 3 aromatic rings. The molecule has 1 atom stereocenters. The zero-order chi connectivity index (χ0) is 11.9. The molecule has 0 saturated heterocycles. The van der Waals surface area contributed by atoms with Gasteiger partial charge in [-0.1, -0.05) is 18.2 Å². The Hall–Kier alpha value is -2.36. The normalized spacial score (nSPS) is 17.7. The molecule has 0 spiro atoms. The van der Waals surface area contributed by atoms with Crippen molar-refractivity contribution in [3.8, 4) is 5.75 Å². The van der Waals surface area contributed by atoms with Gasteiger partial charge in [-0.15, -0.1) is 0 Å². The summed E-state index contributed by atoms with van der Waals surface area (Å²) in [6.07, 6.45) is 4.38. The fourth-order valence-corrected chi connectivity index (χ4v) is 2.36. The third-order valence-corrected chi connectivity index (χ3v) is 3.25. The van der Waals surface area contributed by atoms with Crippen LogP contribution in [0.25, 0.3) is 11.0 Å². The van der Waals surface area contributed by atoms with Gasteiger partial charge in [0.1, 0.15) is 11.6 Å². The molecule has 0 bridgehead atoms. The number of aromatic nitrogens is 3. The van der Waals surface area contributed by atoms with Gasteiger partial charge in [-0.05, 0) is 17.7 Å². The first-order chi connectivity index (χ1) is 8.90. The van der Waals surface area contributed by atoms with Gasteiger partial charge in [-0.25, -0.2) is 4.98 Å². The molecule has 0 aliphatic carbocycles. The predicted molar refractivity (Wildman–Crippen MR) is 67.4 cm³/mol. The van der Waals surface area contributed by atoms with E-state index in [2.05, 4.69) is 21.0 Å². The molecule has 2 aromatic heterocycles. The molecule has 1 unspecified atom stereocenters. The summed E-state index contributed by atoms with van der Waals surface area (Å²) < 4.78 is 5.91. The summed E-state index contributed by atoms with van der Waals surface area (Å²) in [5, 5.41) is 0. The fraction of sp³-hybridized carbons (Fsp3) is 0.143. The van der Waals surface area contributed by atoms with Crippen LogP contribution in [0, 0.1) is 0 Å². The third kappa shape index (κ3) is 1.39. The molecule has 3 heterocycles. The highest BCUT2D eigenvalue weighted by atomic mass is 16.5. The van der Waals surface area contributed by atoms with Crippen molar-refractivity contribution in [2.45, 2.75) is 12.5 Å². The number of fused-ring (bicyclic) bond motifs is 2. The second-order valence-corrected chi connectivity index (χ2v) is 4.43. The van der Waals surface area contributed by atoms with E-state index in [0.717, 1.165) is 29.0 Å². The summed E-state index contributed by atoms with van der Waals surface area (Å²) in [5.41, 5.74) is 3.12. The van der Waals surface area contributed by atoms with Crippen molar-refractivity contribution >= 4 is 11.0 Å². The Morgan fingerprint density at radius 2 is 2.17 bits per heavy atom. The van der Waals surface area contributed by atoms with Gasteiger partial charge in [-0.3, -0.25) is 4.98 Å². The van der Waals surface area contributed by atoms with Crippen LogP contribution in [0.4, 0.5) is 0 Å². The number of benzene rings is 1. The van der Waals surface area contributed by atoms with Crippen LogP contribution >= 0.6 is 0 Å². The third-order valence-electron chi connectivity index (χ3n) is 3.25. The summed E-state index contributed by atoms with van der Waals surface area (Å²) in [6, 6.07) is 10.0. The van der Waals surface area contributed by atoms with Gasteiger partial charge in [0.25, 0.3) is 0 Å². The Morgan fingerprint density at radius 3 is 3.06 bits per heavy atom. The lowest BCUT2D eigenvalue weighted by molar-refractivity contribution is 0.229. The number of H-pyrrole nitrogens is 1. The zero-order valence-electron chi connectivity index (χ0n) is 9.63. The van der Waals surface area contributed by atoms with E-state index in [1.807, 2.05) is 24.3 Å². The Kier molecular flexibility index (Phi) is 1.91. The molecule has 0 amide bonds. The average molecular weight is 237 g/mol. The van der Waals surface area contributed by atoms with Crippen LogP contribution in [0.2, 0.25) is 0 Å². The quantitative estimate of drug-likeness (QED) is 0.707.